The number of benzene rings is 2. The Bertz CT molecular complexity index is 1530. The van der Waals surface area contributed by atoms with Crippen LogP contribution < -0.4 is 0 Å². The molecule has 1 aromatic heterocycles. The molecule has 1 saturated heterocycles. The molecule has 0 radical (unpaired) electrons. The largest absolute Gasteiger partial charge is 0.506 e. The van der Waals surface area contributed by atoms with Gasteiger partial charge >= 0.3 is 5.97 Å². The molecule has 9 heteroatoms. The van der Waals surface area contributed by atoms with Gasteiger partial charge in [0.25, 0.3) is 0 Å². The number of esters is 1. The molecule has 2 aliphatic heterocycles. The van der Waals surface area contributed by atoms with Gasteiger partial charge in [-0.25, -0.2) is 9.79 Å². The fourth-order valence-corrected chi connectivity index (χ4v) is 6.30. The van der Waals surface area contributed by atoms with E-state index in [4.69, 9.17) is 16.3 Å². The van der Waals surface area contributed by atoms with Crippen LogP contribution in [0.1, 0.15) is 44.2 Å². The number of nitrogens with zero attached hydrogens (tertiary/aromatic N) is 3. The van der Waals surface area contributed by atoms with Crippen LogP contribution in [0.3, 0.4) is 0 Å². The third kappa shape index (κ3) is 5.83. The minimum absolute atomic E-state index is 0.0336. The van der Waals surface area contributed by atoms with E-state index in [1.165, 1.54) is 18.2 Å². The van der Waals surface area contributed by atoms with E-state index in [-0.39, 0.29) is 30.4 Å². The third-order valence-electron chi connectivity index (χ3n) is 7.12. The highest BCUT2D eigenvalue weighted by Gasteiger charge is 2.33. The average molecular weight is 578 g/mol. The number of thioether (sulfide) groups is 1. The number of piperidine rings is 1. The van der Waals surface area contributed by atoms with E-state index in [2.05, 4.69) is 18.0 Å². The SMILES string of the molecule is CCOC(=O)C1=C(O)/C(=C/c2cn(CC(=O)N3CCCCC3)c3c(CC)cccc23)SC1=Nc1ccc(Cl)cc1. The normalized spacial score (nSPS) is 17.8. The second kappa shape index (κ2) is 12.4. The molecule has 1 N–H and O–H groups in total. The lowest BCUT2D eigenvalue weighted by atomic mass is 10.1. The number of rotatable bonds is 7. The van der Waals surface area contributed by atoms with Crippen molar-refractivity contribution < 1.29 is 19.4 Å². The molecule has 0 unspecified atom stereocenters. The maximum absolute atomic E-state index is 13.2. The molecule has 7 nitrogen and oxygen atoms in total. The molecule has 3 heterocycles. The molecule has 3 aromatic rings. The number of ether oxygens (including phenoxy) is 1. The maximum atomic E-state index is 13.2. The molecular formula is C31H32ClN3O4S. The van der Waals surface area contributed by atoms with Crippen LogP contribution in [-0.4, -0.2) is 51.2 Å². The van der Waals surface area contributed by atoms with Gasteiger partial charge in [0, 0.05) is 35.3 Å². The summed E-state index contributed by atoms with van der Waals surface area (Å²) in [7, 11) is 0. The molecule has 0 atom stereocenters. The standard InChI is InChI=1S/C31H32ClN3O4S/c1-3-20-9-8-10-24-21(18-35(28(20)24)19-26(36)34-15-6-5-7-16-34)17-25-29(37)27(31(38)39-4-2)30(40-25)33-23-13-11-22(32)12-14-23/h8-14,17-18,37H,3-7,15-16,19H2,1-2H3/b25-17-,33-30?. The zero-order chi connectivity index (χ0) is 28.2. The van der Waals surface area contributed by atoms with Crippen molar-refractivity contribution in [2.45, 2.75) is 46.1 Å². The lowest BCUT2D eigenvalue weighted by Crippen LogP contribution is -2.37. The van der Waals surface area contributed by atoms with Gasteiger partial charge in [0.2, 0.25) is 5.91 Å². The molecule has 1 fully saturated rings. The van der Waals surface area contributed by atoms with Crippen molar-refractivity contribution in [3.63, 3.8) is 0 Å². The summed E-state index contributed by atoms with van der Waals surface area (Å²) < 4.78 is 7.26. The second-order valence-electron chi connectivity index (χ2n) is 9.77. The summed E-state index contributed by atoms with van der Waals surface area (Å²) in [5, 5.41) is 13.1. The molecule has 5 rings (SSSR count). The Balaban J connectivity index is 1.56. The smallest absolute Gasteiger partial charge is 0.344 e. The minimum Gasteiger partial charge on any atom is -0.506 e. The molecule has 208 valence electrons. The highest BCUT2D eigenvalue weighted by molar-refractivity contribution is 8.18. The molecule has 0 saturated carbocycles. The molecular weight excluding hydrogens is 546 g/mol. The molecule has 0 bridgehead atoms. The highest BCUT2D eigenvalue weighted by atomic mass is 35.5. The number of aliphatic hydroxyl groups is 1. The van der Waals surface area contributed by atoms with Gasteiger partial charge in [0.15, 0.2) is 0 Å². The fourth-order valence-electron chi connectivity index (χ4n) is 5.15. The summed E-state index contributed by atoms with van der Waals surface area (Å²) in [4.78, 5) is 33.1. The van der Waals surface area contributed by atoms with E-state index in [9.17, 15) is 14.7 Å². The van der Waals surface area contributed by atoms with Crippen LogP contribution in [-0.2, 0) is 27.3 Å². The maximum Gasteiger partial charge on any atom is 0.344 e. The third-order valence-corrected chi connectivity index (χ3v) is 8.39. The van der Waals surface area contributed by atoms with E-state index in [1.54, 1.807) is 31.2 Å². The summed E-state index contributed by atoms with van der Waals surface area (Å²) in [5.41, 5.74) is 3.63. The van der Waals surface area contributed by atoms with E-state index in [0.29, 0.717) is 20.7 Å². The number of hydrogen-bond acceptors (Lipinski definition) is 6. The van der Waals surface area contributed by atoms with E-state index in [0.717, 1.165) is 54.4 Å². The first-order valence-corrected chi connectivity index (χ1v) is 14.8. The van der Waals surface area contributed by atoms with E-state index < -0.39 is 5.97 Å². The van der Waals surface area contributed by atoms with Crippen LogP contribution in [0.5, 0.6) is 0 Å². The van der Waals surface area contributed by atoms with Crippen LogP contribution in [0.4, 0.5) is 5.69 Å². The summed E-state index contributed by atoms with van der Waals surface area (Å²) in [5.74, 6) is -0.693. The number of likely N-dealkylation sites (tertiary alicyclic amines) is 1. The number of aryl methyl sites for hydroxylation is 1. The number of para-hydroxylation sites is 1. The minimum atomic E-state index is -0.633. The Morgan fingerprint density at radius 1 is 1.10 bits per heavy atom. The topological polar surface area (TPSA) is 84.1 Å². The molecule has 1 amide bonds. The second-order valence-corrected chi connectivity index (χ2v) is 11.2. The Kier molecular flexibility index (Phi) is 8.66. The Labute approximate surface area is 243 Å². The number of carbonyl (C=O) groups excluding carboxylic acids is 2. The first-order chi connectivity index (χ1) is 19.4. The lowest BCUT2D eigenvalue weighted by molar-refractivity contribution is -0.138. The molecule has 0 spiro atoms. The highest BCUT2D eigenvalue weighted by Crippen LogP contribution is 2.41. The van der Waals surface area contributed by atoms with Gasteiger partial charge < -0.3 is 19.3 Å². The van der Waals surface area contributed by atoms with Crippen LogP contribution in [0.2, 0.25) is 5.02 Å². The fraction of sp³-hybridized carbons (Fsp3) is 0.323. The number of carbonyl (C=O) groups is 2. The Hall–Kier alpha value is -3.49. The first-order valence-electron chi connectivity index (χ1n) is 13.6. The average Bonchev–Trinajstić information content (AvgIpc) is 3.46. The van der Waals surface area contributed by atoms with Gasteiger partial charge in [-0.15, -0.1) is 0 Å². The molecule has 2 aliphatic rings. The Morgan fingerprint density at radius 2 is 1.85 bits per heavy atom. The predicted octanol–water partition coefficient (Wildman–Crippen LogP) is 7.06. The van der Waals surface area contributed by atoms with Crippen molar-refractivity contribution in [2.24, 2.45) is 4.99 Å². The van der Waals surface area contributed by atoms with Crippen LogP contribution >= 0.6 is 23.4 Å². The van der Waals surface area contributed by atoms with Crippen LogP contribution in [0.25, 0.3) is 17.0 Å². The first kappa shape index (κ1) is 28.1. The summed E-state index contributed by atoms with van der Waals surface area (Å²) in [6.07, 6.45) is 7.89. The van der Waals surface area contributed by atoms with E-state index in [1.807, 2.05) is 33.9 Å². The predicted molar refractivity (Wildman–Crippen MR) is 162 cm³/mol. The Morgan fingerprint density at radius 3 is 2.55 bits per heavy atom. The van der Waals surface area contributed by atoms with Gasteiger partial charge in [0.05, 0.1) is 22.7 Å². The quantitative estimate of drug-likeness (QED) is 0.304. The lowest BCUT2D eigenvalue weighted by Gasteiger charge is -2.27. The number of aliphatic imine (C=N–C) groups is 1. The van der Waals surface area contributed by atoms with Crippen molar-refractivity contribution in [3.05, 3.63) is 81.0 Å². The number of halogens is 1. The zero-order valence-electron chi connectivity index (χ0n) is 22.7. The molecule has 0 aliphatic carbocycles. The number of fused-ring (bicyclic) bond motifs is 1. The van der Waals surface area contributed by atoms with Crippen molar-refractivity contribution in [1.29, 1.82) is 0 Å². The summed E-state index contributed by atoms with van der Waals surface area (Å²) >= 11 is 7.23. The number of aliphatic hydroxyl groups excluding tert-OH is 1. The number of aromatic nitrogens is 1. The number of hydrogen-bond donors (Lipinski definition) is 1. The van der Waals surface area contributed by atoms with Gasteiger partial charge in [0.1, 0.15) is 22.9 Å². The van der Waals surface area contributed by atoms with Crippen molar-refractivity contribution in [3.8, 4) is 0 Å². The van der Waals surface area contributed by atoms with Crippen LogP contribution in [0.15, 0.2) is 69.9 Å². The van der Waals surface area contributed by atoms with Crippen LogP contribution in [0, 0.1) is 0 Å². The summed E-state index contributed by atoms with van der Waals surface area (Å²) in [6.45, 7) is 5.85. The van der Waals surface area contributed by atoms with E-state index >= 15 is 0 Å². The van der Waals surface area contributed by atoms with Gasteiger partial charge in [-0.2, -0.15) is 0 Å². The molecule has 2 aromatic carbocycles. The number of amides is 1. The van der Waals surface area contributed by atoms with Crippen molar-refractivity contribution >= 4 is 62.9 Å². The van der Waals surface area contributed by atoms with Crippen molar-refractivity contribution in [1.82, 2.24) is 9.47 Å². The monoisotopic (exact) mass is 577 g/mol. The zero-order valence-corrected chi connectivity index (χ0v) is 24.2. The van der Waals surface area contributed by atoms with Gasteiger partial charge in [-0.05, 0) is 68.5 Å². The van der Waals surface area contributed by atoms with Gasteiger partial charge in [-0.1, -0.05) is 48.5 Å². The molecule has 40 heavy (non-hydrogen) atoms. The van der Waals surface area contributed by atoms with Gasteiger partial charge in [-0.3, -0.25) is 4.79 Å². The van der Waals surface area contributed by atoms with Crippen molar-refractivity contribution in [2.75, 3.05) is 19.7 Å². The summed E-state index contributed by atoms with van der Waals surface area (Å²) in [6, 6.07) is 13.0.